The normalized spacial score (nSPS) is 8.69. The van der Waals surface area contributed by atoms with Gasteiger partial charge in [0.2, 0.25) is 0 Å². The molecule has 1 aromatic carbocycles. The van der Waals surface area contributed by atoms with Crippen molar-refractivity contribution in [2.75, 3.05) is 6.26 Å². The van der Waals surface area contributed by atoms with Crippen molar-refractivity contribution in [1.29, 1.82) is 0 Å². The second-order valence-corrected chi connectivity index (χ2v) is 2.85. The zero-order valence-electron chi connectivity index (χ0n) is 6.98. The first-order valence-corrected chi connectivity index (χ1v) is 4.75. The van der Waals surface area contributed by atoms with E-state index in [1.165, 1.54) is 23.9 Å². The monoisotopic (exact) mass is 193 g/mol. The Morgan fingerprint density at radius 1 is 1.54 bits per heavy atom. The van der Waals surface area contributed by atoms with Gasteiger partial charge in [-0.1, -0.05) is 23.7 Å². The van der Waals surface area contributed by atoms with Crippen LogP contribution >= 0.6 is 11.8 Å². The lowest BCUT2D eigenvalue weighted by molar-refractivity contribution is -0.384. The van der Waals surface area contributed by atoms with E-state index in [0.717, 1.165) is 0 Å². The van der Waals surface area contributed by atoms with Gasteiger partial charge in [-0.15, -0.1) is 0 Å². The number of nitrogens with zero attached hydrogens (tertiary/aromatic N) is 1. The number of nitro benzene ring substituents is 1. The third-order valence-electron chi connectivity index (χ3n) is 1.35. The van der Waals surface area contributed by atoms with Crippen molar-refractivity contribution in [1.82, 2.24) is 0 Å². The summed E-state index contributed by atoms with van der Waals surface area (Å²) < 4.78 is 0. The predicted octanol–water partition coefficient (Wildman–Crippen LogP) is 2.27. The van der Waals surface area contributed by atoms with Crippen LogP contribution in [0, 0.1) is 21.3 Å². The lowest BCUT2D eigenvalue weighted by Gasteiger charge is -1.90. The molecule has 0 saturated carbocycles. The van der Waals surface area contributed by atoms with E-state index < -0.39 is 4.92 Å². The van der Waals surface area contributed by atoms with Crippen LogP contribution in [0.15, 0.2) is 24.3 Å². The highest BCUT2D eigenvalue weighted by atomic mass is 32.2. The molecule has 0 N–H and O–H groups in total. The number of non-ortho nitro benzene ring substituents is 1. The average molecular weight is 193 g/mol. The number of thioether (sulfide) groups is 1. The maximum atomic E-state index is 10.4. The molecule has 0 atom stereocenters. The van der Waals surface area contributed by atoms with Crippen molar-refractivity contribution in [3.05, 3.63) is 39.9 Å². The average Bonchev–Trinajstić information content (AvgIpc) is 2.15. The highest BCUT2D eigenvalue weighted by Gasteiger charge is 2.03. The number of benzene rings is 1. The summed E-state index contributed by atoms with van der Waals surface area (Å²) in [6.07, 6.45) is 1.85. The Morgan fingerprint density at radius 2 is 2.31 bits per heavy atom. The SMILES string of the molecule is CSC#Cc1cccc([N+](=O)[O-])c1. The van der Waals surface area contributed by atoms with Gasteiger partial charge in [0.15, 0.2) is 0 Å². The van der Waals surface area contributed by atoms with Crippen LogP contribution in [-0.2, 0) is 0 Å². The molecule has 1 rings (SSSR count). The molecule has 0 radical (unpaired) electrons. The molecule has 0 spiro atoms. The molecular weight excluding hydrogens is 186 g/mol. The van der Waals surface area contributed by atoms with Crippen LogP contribution < -0.4 is 0 Å². The fourth-order valence-corrected chi connectivity index (χ4v) is 1.03. The number of nitro groups is 1. The topological polar surface area (TPSA) is 43.1 Å². The molecule has 0 amide bonds. The molecule has 13 heavy (non-hydrogen) atoms. The van der Waals surface area contributed by atoms with Gasteiger partial charge in [0.25, 0.3) is 5.69 Å². The fourth-order valence-electron chi connectivity index (χ4n) is 0.807. The number of rotatable bonds is 1. The minimum atomic E-state index is -0.426. The van der Waals surface area contributed by atoms with E-state index in [1.54, 1.807) is 12.1 Å². The smallest absolute Gasteiger partial charge is 0.258 e. The second kappa shape index (κ2) is 4.53. The van der Waals surface area contributed by atoms with Crippen molar-refractivity contribution >= 4 is 17.4 Å². The first-order chi connectivity index (χ1) is 6.24. The van der Waals surface area contributed by atoms with Crippen molar-refractivity contribution in [2.45, 2.75) is 0 Å². The summed E-state index contributed by atoms with van der Waals surface area (Å²) in [6.45, 7) is 0. The first-order valence-electron chi connectivity index (χ1n) is 3.52. The molecule has 3 nitrogen and oxygen atoms in total. The van der Waals surface area contributed by atoms with E-state index in [1.807, 2.05) is 6.26 Å². The van der Waals surface area contributed by atoms with Gasteiger partial charge < -0.3 is 0 Å². The van der Waals surface area contributed by atoms with Gasteiger partial charge >= 0.3 is 0 Å². The predicted molar refractivity (Wildman–Crippen MR) is 53.5 cm³/mol. The highest BCUT2D eigenvalue weighted by Crippen LogP contribution is 2.12. The first kappa shape index (κ1) is 9.62. The lowest BCUT2D eigenvalue weighted by Crippen LogP contribution is -1.87. The van der Waals surface area contributed by atoms with Gasteiger partial charge in [0, 0.05) is 17.7 Å². The van der Waals surface area contributed by atoms with Crippen LogP contribution in [0.1, 0.15) is 5.56 Å². The van der Waals surface area contributed by atoms with Crippen LogP contribution in [0.3, 0.4) is 0 Å². The van der Waals surface area contributed by atoms with Crippen molar-refractivity contribution in [3.8, 4) is 11.2 Å². The molecule has 0 bridgehead atoms. The summed E-state index contributed by atoms with van der Waals surface area (Å²) in [5, 5.41) is 13.2. The lowest BCUT2D eigenvalue weighted by atomic mass is 10.2. The molecule has 0 aliphatic heterocycles. The Kier molecular flexibility index (Phi) is 3.35. The maximum Gasteiger partial charge on any atom is 0.270 e. The molecule has 0 aliphatic rings. The number of hydrogen-bond donors (Lipinski definition) is 0. The van der Waals surface area contributed by atoms with Crippen LogP contribution in [0.2, 0.25) is 0 Å². The Hall–Kier alpha value is -1.47. The minimum absolute atomic E-state index is 0.0768. The van der Waals surface area contributed by atoms with Crippen LogP contribution in [0.25, 0.3) is 0 Å². The van der Waals surface area contributed by atoms with Crippen molar-refractivity contribution in [3.63, 3.8) is 0 Å². The fraction of sp³-hybridized carbons (Fsp3) is 0.111. The quantitative estimate of drug-likeness (QED) is 0.390. The minimum Gasteiger partial charge on any atom is -0.258 e. The maximum absolute atomic E-state index is 10.4. The summed E-state index contributed by atoms with van der Waals surface area (Å²) in [5.41, 5.74) is 0.747. The summed E-state index contributed by atoms with van der Waals surface area (Å²) in [6, 6.07) is 6.28. The van der Waals surface area contributed by atoms with Crippen LogP contribution in [0.5, 0.6) is 0 Å². The van der Waals surface area contributed by atoms with Gasteiger partial charge in [0.05, 0.1) is 4.92 Å². The van der Waals surface area contributed by atoms with Gasteiger partial charge in [-0.3, -0.25) is 10.1 Å². The van der Waals surface area contributed by atoms with Crippen LogP contribution in [-0.4, -0.2) is 11.2 Å². The molecule has 0 aliphatic carbocycles. The van der Waals surface area contributed by atoms with Gasteiger partial charge in [-0.25, -0.2) is 0 Å². The molecule has 66 valence electrons. The van der Waals surface area contributed by atoms with Crippen molar-refractivity contribution < 1.29 is 4.92 Å². The highest BCUT2D eigenvalue weighted by molar-refractivity contribution is 8.03. The molecule has 0 heterocycles. The summed E-state index contributed by atoms with van der Waals surface area (Å²) in [4.78, 5) is 9.95. The van der Waals surface area contributed by atoms with E-state index in [-0.39, 0.29) is 5.69 Å². The van der Waals surface area contributed by atoms with E-state index in [9.17, 15) is 10.1 Å². The summed E-state index contributed by atoms with van der Waals surface area (Å²) in [7, 11) is 0. The van der Waals surface area contributed by atoms with Gasteiger partial charge in [-0.05, 0) is 17.6 Å². The molecular formula is C9H7NO2S. The second-order valence-electron chi connectivity index (χ2n) is 2.24. The van der Waals surface area contributed by atoms with E-state index in [0.29, 0.717) is 5.56 Å². The van der Waals surface area contributed by atoms with Crippen LogP contribution in [0.4, 0.5) is 5.69 Å². The van der Waals surface area contributed by atoms with Gasteiger partial charge in [0.1, 0.15) is 0 Å². The molecule has 0 unspecified atom stereocenters. The third kappa shape index (κ3) is 2.80. The summed E-state index contributed by atoms with van der Waals surface area (Å²) >= 11 is 1.38. The van der Waals surface area contributed by atoms with Gasteiger partial charge in [-0.2, -0.15) is 0 Å². The zero-order valence-corrected chi connectivity index (χ0v) is 7.80. The Morgan fingerprint density at radius 3 is 2.92 bits per heavy atom. The number of hydrogen-bond acceptors (Lipinski definition) is 3. The largest absolute Gasteiger partial charge is 0.270 e. The molecule has 0 fully saturated rings. The zero-order chi connectivity index (χ0) is 9.68. The Balaban J connectivity index is 2.98. The molecule has 0 saturated heterocycles. The van der Waals surface area contributed by atoms with E-state index in [4.69, 9.17) is 0 Å². The van der Waals surface area contributed by atoms with E-state index >= 15 is 0 Å². The summed E-state index contributed by atoms with van der Waals surface area (Å²) in [5.74, 6) is 2.80. The molecule has 4 heteroatoms. The third-order valence-corrected chi connectivity index (χ3v) is 1.66. The molecule has 1 aromatic rings. The molecule has 0 aromatic heterocycles. The Labute approximate surface area is 80.3 Å². The Bertz CT molecular complexity index is 379. The van der Waals surface area contributed by atoms with Crippen molar-refractivity contribution in [2.24, 2.45) is 0 Å². The van der Waals surface area contributed by atoms with E-state index in [2.05, 4.69) is 11.2 Å². The standard InChI is InChI=1S/C9H7NO2S/c1-13-6-5-8-3-2-4-9(7-8)10(11)12/h2-4,7H,1H3.